The smallest absolute Gasteiger partial charge is 0.257 e. The van der Waals surface area contributed by atoms with Gasteiger partial charge in [0, 0.05) is 17.8 Å². The minimum atomic E-state index is -0.988. The lowest BCUT2D eigenvalue weighted by molar-refractivity contribution is 0.0951. The lowest BCUT2D eigenvalue weighted by Crippen LogP contribution is -2.23. The van der Waals surface area contributed by atoms with Crippen LogP contribution >= 0.6 is 11.6 Å². The fourth-order valence-electron chi connectivity index (χ4n) is 2.49. The zero-order valence-electron chi connectivity index (χ0n) is 14.5. The van der Waals surface area contributed by atoms with Crippen LogP contribution in [0.1, 0.15) is 26.3 Å². The fraction of sp³-hybridized carbons (Fsp3) is 0.0476. The highest BCUT2D eigenvalue weighted by Gasteiger charge is 2.15. The van der Waals surface area contributed by atoms with Gasteiger partial charge in [0.2, 0.25) is 0 Å². The summed E-state index contributed by atoms with van der Waals surface area (Å²) in [5, 5.41) is 5.50. The van der Waals surface area contributed by atoms with Crippen LogP contribution in [-0.2, 0) is 6.54 Å². The van der Waals surface area contributed by atoms with Gasteiger partial charge in [0.15, 0.2) is 11.6 Å². The van der Waals surface area contributed by atoms with Crippen LogP contribution in [0.3, 0.4) is 0 Å². The molecule has 0 atom stereocenters. The normalized spacial score (nSPS) is 10.4. The Morgan fingerprint density at radius 2 is 1.61 bits per heavy atom. The first-order valence-corrected chi connectivity index (χ1v) is 8.70. The first kappa shape index (κ1) is 19.5. The lowest BCUT2D eigenvalue weighted by Gasteiger charge is -2.10. The third kappa shape index (κ3) is 4.72. The molecule has 2 N–H and O–H groups in total. The maximum absolute atomic E-state index is 13.2. The summed E-state index contributed by atoms with van der Waals surface area (Å²) < 4.78 is 26.2. The highest BCUT2D eigenvalue weighted by atomic mass is 35.5. The number of hydrogen-bond donors (Lipinski definition) is 2. The van der Waals surface area contributed by atoms with Crippen molar-refractivity contribution < 1.29 is 18.4 Å². The molecule has 3 rings (SSSR count). The second kappa shape index (κ2) is 8.63. The van der Waals surface area contributed by atoms with Gasteiger partial charge < -0.3 is 10.6 Å². The van der Waals surface area contributed by atoms with Gasteiger partial charge in [-0.3, -0.25) is 9.59 Å². The summed E-state index contributed by atoms with van der Waals surface area (Å²) in [6.07, 6.45) is 0. The van der Waals surface area contributed by atoms with Gasteiger partial charge in [0.25, 0.3) is 11.8 Å². The van der Waals surface area contributed by atoms with Gasteiger partial charge in [0.05, 0.1) is 10.6 Å². The highest BCUT2D eigenvalue weighted by molar-refractivity contribution is 6.34. The van der Waals surface area contributed by atoms with Crippen molar-refractivity contribution in [2.45, 2.75) is 6.54 Å². The molecule has 0 unspecified atom stereocenters. The molecule has 0 saturated heterocycles. The average Bonchev–Trinajstić information content (AvgIpc) is 2.69. The number of rotatable bonds is 5. The number of nitrogens with one attached hydrogen (secondary N) is 2. The van der Waals surface area contributed by atoms with Gasteiger partial charge >= 0.3 is 0 Å². The highest BCUT2D eigenvalue weighted by Crippen LogP contribution is 2.20. The summed E-state index contributed by atoms with van der Waals surface area (Å²) in [4.78, 5) is 24.8. The minimum absolute atomic E-state index is 0.00417. The summed E-state index contributed by atoms with van der Waals surface area (Å²) >= 11 is 6.10. The monoisotopic (exact) mass is 400 g/mol. The van der Waals surface area contributed by atoms with Crippen LogP contribution in [0.25, 0.3) is 0 Å². The van der Waals surface area contributed by atoms with Gasteiger partial charge in [-0.15, -0.1) is 0 Å². The maximum Gasteiger partial charge on any atom is 0.257 e. The molecular weight excluding hydrogens is 386 g/mol. The largest absolute Gasteiger partial charge is 0.348 e. The van der Waals surface area contributed by atoms with Crippen LogP contribution in [0.5, 0.6) is 0 Å². The first-order chi connectivity index (χ1) is 13.4. The van der Waals surface area contributed by atoms with Crippen LogP contribution in [-0.4, -0.2) is 11.8 Å². The molecular formula is C21H15ClF2N2O2. The molecule has 2 amide bonds. The van der Waals surface area contributed by atoms with E-state index in [9.17, 15) is 18.4 Å². The Kier molecular flexibility index (Phi) is 6.01. The second-order valence-corrected chi connectivity index (χ2v) is 6.35. The van der Waals surface area contributed by atoms with Crippen LogP contribution < -0.4 is 10.6 Å². The number of hydrogen-bond acceptors (Lipinski definition) is 2. The summed E-state index contributed by atoms with van der Waals surface area (Å²) in [6, 6.07) is 16.5. The predicted molar refractivity (Wildman–Crippen MR) is 103 cm³/mol. The van der Waals surface area contributed by atoms with Crippen molar-refractivity contribution in [3.63, 3.8) is 0 Å². The van der Waals surface area contributed by atoms with E-state index >= 15 is 0 Å². The summed E-state index contributed by atoms with van der Waals surface area (Å²) in [7, 11) is 0. The second-order valence-electron chi connectivity index (χ2n) is 5.95. The molecule has 0 aliphatic rings. The van der Waals surface area contributed by atoms with Crippen molar-refractivity contribution in [1.82, 2.24) is 5.32 Å². The maximum atomic E-state index is 13.2. The Balaban J connectivity index is 1.71. The van der Waals surface area contributed by atoms with Crippen molar-refractivity contribution >= 4 is 29.1 Å². The van der Waals surface area contributed by atoms with E-state index < -0.39 is 23.4 Å². The average molecular weight is 401 g/mol. The summed E-state index contributed by atoms with van der Waals surface area (Å²) in [5.74, 6) is -2.87. The van der Waals surface area contributed by atoms with E-state index in [-0.39, 0.29) is 22.7 Å². The Morgan fingerprint density at radius 3 is 2.32 bits per heavy atom. The molecule has 142 valence electrons. The van der Waals surface area contributed by atoms with Crippen LogP contribution in [0.2, 0.25) is 5.02 Å². The van der Waals surface area contributed by atoms with Crippen LogP contribution in [0.4, 0.5) is 14.5 Å². The minimum Gasteiger partial charge on any atom is -0.348 e. The molecule has 0 saturated carbocycles. The van der Waals surface area contributed by atoms with Crippen LogP contribution in [0.15, 0.2) is 66.7 Å². The molecule has 0 fully saturated rings. The molecule has 4 nitrogen and oxygen atoms in total. The molecule has 3 aromatic rings. The topological polar surface area (TPSA) is 58.2 Å². The number of halogens is 3. The van der Waals surface area contributed by atoms with E-state index in [2.05, 4.69) is 10.6 Å². The van der Waals surface area contributed by atoms with E-state index in [0.29, 0.717) is 11.3 Å². The predicted octanol–water partition coefficient (Wildman–Crippen LogP) is 4.80. The van der Waals surface area contributed by atoms with Crippen molar-refractivity contribution in [3.05, 3.63) is 100 Å². The molecule has 0 heterocycles. The number of carbonyl (C=O) groups excluding carboxylic acids is 2. The third-order valence-electron chi connectivity index (χ3n) is 3.94. The lowest BCUT2D eigenvalue weighted by atomic mass is 10.1. The number of benzene rings is 3. The Bertz CT molecular complexity index is 1030. The van der Waals surface area contributed by atoms with Gasteiger partial charge in [-0.25, -0.2) is 8.78 Å². The molecule has 0 aliphatic heterocycles. The van der Waals surface area contributed by atoms with Crippen molar-refractivity contribution in [2.75, 3.05) is 5.32 Å². The van der Waals surface area contributed by atoms with Gasteiger partial charge in [-0.05, 0) is 48.0 Å². The zero-order chi connectivity index (χ0) is 20.1. The van der Waals surface area contributed by atoms with E-state index in [1.807, 2.05) is 6.07 Å². The first-order valence-electron chi connectivity index (χ1n) is 8.32. The zero-order valence-corrected chi connectivity index (χ0v) is 15.3. The van der Waals surface area contributed by atoms with E-state index in [4.69, 9.17) is 11.6 Å². The standard InChI is InChI=1S/C21H15ClF2N2O2/c22-17-8-7-14(11-16(17)21(28)26-15-4-2-1-3-5-15)20(27)25-12-13-6-9-18(23)19(24)10-13/h1-11H,12H2,(H,25,27)(H,26,28). The van der Waals surface area contributed by atoms with Gasteiger partial charge in [-0.1, -0.05) is 35.9 Å². The SMILES string of the molecule is O=C(NCc1ccc(F)c(F)c1)c1ccc(Cl)c(C(=O)Nc2ccccc2)c1. The van der Waals surface area contributed by atoms with Crippen molar-refractivity contribution in [3.8, 4) is 0 Å². The molecule has 3 aromatic carbocycles. The summed E-state index contributed by atoms with van der Waals surface area (Å²) in [5.41, 5.74) is 1.36. The molecule has 0 bridgehead atoms. The number of para-hydroxylation sites is 1. The third-order valence-corrected chi connectivity index (χ3v) is 4.27. The molecule has 7 heteroatoms. The van der Waals surface area contributed by atoms with Crippen molar-refractivity contribution in [1.29, 1.82) is 0 Å². The van der Waals surface area contributed by atoms with Gasteiger partial charge in [-0.2, -0.15) is 0 Å². The molecule has 0 radical (unpaired) electrons. The fourth-order valence-corrected chi connectivity index (χ4v) is 2.70. The molecule has 0 spiro atoms. The van der Waals surface area contributed by atoms with Gasteiger partial charge in [0.1, 0.15) is 0 Å². The van der Waals surface area contributed by atoms with E-state index in [1.54, 1.807) is 24.3 Å². The Hall–Kier alpha value is -3.25. The number of amides is 2. The quantitative estimate of drug-likeness (QED) is 0.646. The Labute approximate surface area is 165 Å². The number of carbonyl (C=O) groups is 2. The Morgan fingerprint density at radius 1 is 0.857 bits per heavy atom. The van der Waals surface area contributed by atoms with Crippen molar-refractivity contribution in [2.24, 2.45) is 0 Å². The molecule has 0 aliphatic carbocycles. The van der Waals surface area contributed by atoms with E-state index in [0.717, 1.165) is 12.1 Å². The molecule has 0 aromatic heterocycles. The molecule has 28 heavy (non-hydrogen) atoms. The number of anilines is 1. The summed E-state index contributed by atoms with van der Waals surface area (Å²) in [6.45, 7) is 0.00417. The van der Waals surface area contributed by atoms with Crippen LogP contribution in [0, 0.1) is 11.6 Å². The van der Waals surface area contributed by atoms with E-state index in [1.165, 1.54) is 24.3 Å².